The largest absolute Gasteiger partial charge is 0.396 e. The van der Waals surface area contributed by atoms with Crippen molar-refractivity contribution >= 4 is 49.6 Å². The van der Waals surface area contributed by atoms with Crippen molar-refractivity contribution in [1.82, 2.24) is 15.3 Å². The van der Waals surface area contributed by atoms with Crippen molar-refractivity contribution in [2.45, 2.75) is 44.4 Å². The Morgan fingerprint density at radius 2 is 2.16 bits per heavy atom. The number of pyridine rings is 1. The van der Waals surface area contributed by atoms with E-state index < -0.39 is 0 Å². The van der Waals surface area contributed by atoms with Crippen LogP contribution < -0.4 is 21.7 Å². The average Bonchev–Trinajstić information content (AvgIpc) is 3.34. The van der Waals surface area contributed by atoms with Gasteiger partial charge in [0.1, 0.15) is 15.5 Å². The monoisotopic (exact) mass is 470 g/mol. The SMILES string of the molecule is Cc1nc2sc(C(=O)NC3CCc4nc(N5CC6COC(C5)C6N)ccc4C3)c(N)c2s1. The fourth-order valence-electron chi connectivity index (χ4n) is 5.10. The first kappa shape index (κ1) is 20.3. The van der Waals surface area contributed by atoms with E-state index in [0.717, 1.165) is 65.0 Å². The minimum Gasteiger partial charge on any atom is -0.396 e. The third kappa shape index (κ3) is 3.37. The van der Waals surface area contributed by atoms with E-state index in [1.54, 1.807) is 0 Å². The van der Waals surface area contributed by atoms with Crippen LogP contribution in [-0.4, -0.2) is 53.8 Å². The molecule has 1 amide bonds. The van der Waals surface area contributed by atoms with Crippen molar-refractivity contribution in [3.8, 4) is 0 Å². The standard InChI is InChI=1S/C22H26N6O2S2/c1-10-25-22-20(31-10)18(24)19(32-22)21(29)26-13-3-4-14-11(6-13)2-5-16(27-14)28-7-12-9-30-15(8-28)17(12)23/h2,5,12-13,15,17H,3-4,6-9,23-24H2,1H3,(H,26,29). The van der Waals surface area contributed by atoms with Crippen LogP contribution in [0.25, 0.3) is 9.53 Å². The van der Waals surface area contributed by atoms with Crippen LogP contribution in [0, 0.1) is 12.8 Å². The Kier molecular flexibility index (Phi) is 4.87. The number of fused-ring (bicyclic) bond motifs is 4. The zero-order valence-corrected chi connectivity index (χ0v) is 19.5. The van der Waals surface area contributed by atoms with Gasteiger partial charge < -0.3 is 26.4 Å². The van der Waals surface area contributed by atoms with Crippen LogP contribution in [0.5, 0.6) is 0 Å². The van der Waals surface area contributed by atoms with Crippen LogP contribution in [0.2, 0.25) is 0 Å². The predicted octanol–water partition coefficient (Wildman–Crippen LogP) is 2.09. The number of piperidine rings is 1. The van der Waals surface area contributed by atoms with Crippen molar-refractivity contribution < 1.29 is 9.53 Å². The molecule has 3 aliphatic rings. The Labute approximate surface area is 194 Å². The lowest BCUT2D eigenvalue weighted by atomic mass is 9.91. The average molecular weight is 471 g/mol. The molecule has 8 nitrogen and oxygen atoms in total. The second kappa shape index (κ2) is 7.65. The molecule has 6 rings (SSSR count). The van der Waals surface area contributed by atoms with Gasteiger partial charge in [0.15, 0.2) is 0 Å². The zero-order chi connectivity index (χ0) is 22.0. The molecular formula is C22H26N6O2S2. The summed E-state index contributed by atoms with van der Waals surface area (Å²) >= 11 is 2.91. The first-order valence-electron chi connectivity index (χ1n) is 11.0. The highest BCUT2D eigenvalue weighted by atomic mass is 32.1. The molecule has 0 aromatic carbocycles. The van der Waals surface area contributed by atoms with E-state index in [2.05, 4.69) is 27.3 Å². The number of amides is 1. The fraction of sp³-hybridized carbons (Fsp3) is 0.500. The maximum atomic E-state index is 12.9. The van der Waals surface area contributed by atoms with Gasteiger partial charge in [0.05, 0.1) is 28.1 Å². The van der Waals surface area contributed by atoms with Gasteiger partial charge in [-0.25, -0.2) is 9.97 Å². The summed E-state index contributed by atoms with van der Waals surface area (Å²) in [5, 5.41) is 4.15. The summed E-state index contributed by atoms with van der Waals surface area (Å²) in [6.45, 7) is 4.40. The minimum atomic E-state index is -0.103. The van der Waals surface area contributed by atoms with Crippen molar-refractivity contribution in [1.29, 1.82) is 0 Å². The van der Waals surface area contributed by atoms with Gasteiger partial charge >= 0.3 is 0 Å². The lowest BCUT2D eigenvalue weighted by molar-refractivity contribution is 0.0938. The summed E-state index contributed by atoms with van der Waals surface area (Å²) in [4.78, 5) is 26.1. The lowest BCUT2D eigenvalue weighted by Gasteiger charge is -2.35. The highest BCUT2D eigenvalue weighted by Gasteiger charge is 2.41. The molecule has 2 fully saturated rings. The van der Waals surface area contributed by atoms with Crippen molar-refractivity contribution in [2.24, 2.45) is 11.7 Å². The molecular weight excluding hydrogens is 444 g/mol. The number of thiazole rings is 1. The van der Waals surface area contributed by atoms with E-state index in [0.29, 0.717) is 16.5 Å². The molecule has 1 aliphatic carbocycles. The molecule has 168 valence electrons. The van der Waals surface area contributed by atoms with Crippen LogP contribution in [0.1, 0.15) is 32.4 Å². The topological polar surface area (TPSA) is 119 Å². The number of nitrogens with zero attached hydrogens (tertiary/aromatic N) is 3. The van der Waals surface area contributed by atoms with Crippen LogP contribution in [0.4, 0.5) is 11.5 Å². The number of nitrogens with one attached hydrogen (secondary N) is 1. The van der Waals surface area contributed by atoms with E-state index >= 15 is 0 Å². The molecule has 0 radical (unpaired) electrons. The van der Waals surface area contributed by atoms with E-state index in [9.17, 15) is 4.79 Å². The maximum Gasteiger partial charge on any atom is 0.263 e. The third-order valence-electron chi connectivity index (χ3n) is 6.86. The smallest absolute Gasteiger partial charge is 0.263 e. The molecule has 2 aliphatic heterocycles. The summed E-state index contributed by atoms with van der Waals surface area (Å²) in [5.74, 6) is 1.28. The number of hydrogen-bond donors (Lipinski definition) is 3. The number of rotatable bonds is 3. The molecule has 5 N–H and O–H groups in total. The van der Waals surface area contributed by atoms with Crippen molar-refractivity contribution in [2.75, 3.05) is 30.3 Å². The Morgan fingerprint density at radius 3 is 2.97 bits per heavy atom. The fourth-order valence-corrected chi connectivity index (χ4v) is 7.20. The molecule has 5 heterocycles. The Bertz CT molecular complexity index is 1190. The second-order valence-corrected chi connectivity index (χ2v) is 11.2. The van der Waals surface area contributed by atoms with Gasteiger partial charge in [0, 0.05) is 36.8 Å². The van der Waals surface area contributed by atoms with Crippen molar-refractivity contribution in [3.63, 3.8) is 0 Å². The molecule has 10 heteroatoms. The molecule has 4 unspecified atom stereocenters. The van der Waals surface area contributed by atoms with Crippen LogP contribution in [0.15, 0.2) is 12.1 Å². The second-order valence-electron chi connectivity index (χ2n) is 9.01. The van der Waals surface area contributed by atoms with Crippen LogP contribution in [-0.2, 0) is 17.6 Å². The Balaban J connectivity index is 1.14. The Morgan fingerprint density at radius 1 is 1.28 bits per heavy atom. The Hall–Kier alpha value is -2.27. The van der Waals surface area contributed by atoms with E-state index in [-0.39, 0.29) is 24.1 Å². The molecule has 2 bridgehead atoms. The number of thiophene rings is 1. The number of nitrogens with two attached hydrogens (primary N) is 2. The van der Waals surface area contributed by atoms with Gasteiger partial charge in [0.2, 0.25) is 0 Å². The summed E-state index contributed by atoms with van der Waals surface area (Å²) < 4.78 is 6.74. The third-order valence-corrected chi connectivity index (χ3v) is 9.09. The van der Waals surface area contributed by atoms with Gasteiger partial charge in [-0.05, 0) is 37.8 Å². The number of aryl methyl sites for hydroxylation is 2. The summed E-state index contributed by atoms with van der Waals surface area (Å²) in [6, 6.07) is 4.48. The number of carbonyl (C=O) groups excluding carboxylic acids is 1. The van der Waals surface area contributed by atoms with E-state index in [1.807, 2.05) is 6.92 Å². The summed E-state index contributed by atoms with van der Waals surface area (Å²) in [7, 11) is 0. The highest BCUT2D eigenvalue weighted by Crippen LogP contribution is 2.37. The lowest BCUT2D eigenvalue weighted by Crippen LogP contribution is -2.52. The van der Waals surface area contributed by atoms with Gasteiger partial charge in [-0.15, -0.1) is 22.7 Å². The number of aromatic nitrogens is 2. The summed E-state index contributed by atoms with van der Waals surface area (Å²) in [6.07, 6.45) is 2.60. The van der Waals surface area contributed by atoms with Gasteiger partial charge in [0.25, 0.3) is 5.91 Å². The number of hydrogen-bond acceptors (Lipinski definition) is 9. The molecule has 0 spiro atoms. The number of anilines is 2. The van der Waals surface area contributed by atoms with Gasteiger partial charge in [-0.2, -0.15) is 0 Å². The number of carbonyl (C=O) groups is 1. The minimum absolute atomic E-state index is 0.0779. The molecule has 0 saturated carbocycles. The van der Waals surface area contributed by atoms with E-state index in [4.69, 9.17) is 21.2 Å². The molecule has 2 saturated heterocycles. The molecule has 3 aromatic rings. The van der Waals surface area contributed by atoms with E-state index in [1.165, 1.54) is 28.2 Å². The first-order chi connectivity index (χ1) is 15.5. The quantitative estimate of drug-likeness (QED) is 0.536. The predicted molar refractivity (Wildman–Crippen MR) is 128 cm³/mol. The number of nitrogen functional groups attached to an aromatic ring is 1. The maximum absolute atomic E-state index is 12.9. The van der Waals surface area contributed by atoms with Gasteiger partial charge in [-0.3, -0.25) is 4.79 Å². The first-order valence-corrected chi connectivity index (χ1v) is 12.7. The molecule has 3 aromatic heterocycles. The summed E-state index contributed by atoms with van der Waals surface area (Å²) in [5.41, 5.74) is 15.4. The zero-order valence-electron chi connectivity index (χ0n) is 17.8. The van der Waals surface area contributed by atoms with Gasteiger partial charge in [-0.1, -0.05) is 6.07 Å². The molecule has 32 heavy (non-hydrogen) atoms. The van der Waals surface area contributed by atoms with Crippen LogP contribution >= 0.6 is 22.7 Å². The normalized spacial score (nSPS) is 27.0. The number of ether oxygens (including phenoxy) is 1. The molecule has 4 atom stereocenters. The van der Waals surface area contributed by atoms with Crippen molar-refractivity contribution in [3.05, 3.63) is 33.3 Å². The highest BCUT2D eigenvalue weighted by molar-refractivity contribution is 7.29. The van der Waals surface area contributed by atoms with Crippen LogP contribution in [0.3, 0.4) is 0 Å².